The van der Waals surface area contributed by atoms with E-state index in [1.165, 1.54) is 35.2 Å². The molecule has 1 fully saturated rings. The summed E-state index contributed by atoms with van der Waals surface area (Å²) in [5, 5.41) is 0. The van der Waals surface area contributed by atoms with Crippen LogP contribution < -0.4 is 4.90 Å². The molecular weight excluding hydrogens is 438 g/mol. The Bertz CT molecular complexity index is 915. The normalized spacial score (nSPS) is 15.3. The summed E-state index contributed by atoms with van der Waals surface area (Å²) in [5.41, 5.74) is 2.75. The smallest absolute Gasteiger partial charge is 0.0642 e. The molecule has 0 atom stereocenters. The molecule has 0 N–H and O–H groups in total. The van der Waals surface area contributed by atoms with Gasteiger partial charge in [0.25, 0.3) is 0 Å². The van der Waals surface area contributed by atoms with Gasteiger partial charge in [0.15, 0.2) is 0 Å². The van der Waals surface area contributed by atoms with Gasteiger partial charge in [0.2, 0.25) is 0 Å². The average Bonchev–Trinajstić information content (AvgIpc) is 3.29. The predicted octanol–water partition coefficient (Wildman–Crippen LogP) is 7.04. The number of anilines is 1. The Morgan fingerprint density at radius 2 is 1.63 bits per heavy atom. The van der Waals surface area contributed by atoms with Gasteiger partial charge in [0, 0.05) is 42.8 Å². The number of benzene rings is 1. The van der Waals surface area contributed by atoms with Crippen LogP contribution in [0.5, 0.6) is 0 Å². The van der Waals surface area contributed by atoms with Gasteiger partial charge in [-0.05, 0) is 57.2 Å². The molecule has 0 bridgehead atoms. The molecule has 3 heterocycles. The molecule has 0 amide bonds. The third kappa shape index (κ3) is 4.16. The van der Waals surface area contributed by atoms with Crippen molar-refractivity contribution in [3.63, 3.8) is 0 Å². The Hall–Kier alpha value is -1.14. The first kappa shape index (κ1) is 19.2. The lowest BCUT2D eigenvalue weighted by Gasteiger charge is -2.28. The van der Waals surface area contributed by atoms with E-state index in [0.717, 1.165) is 26.3 Å². The molecule has 0 radical (unpaired) electrons. The van der Waals surface area contributed by atoms with Crippen LogP contribution in [0, 0.1) is 0 Å². The fourth-order valence-corrected chi connectivity index (χ4v) is 6.26. The second-order valence-electron chi connectivity index (χ2n) is 7.85. The van der Waals surface area contributed by atoms with Crippen molar-refractivity contribution >= 4 is 44.3 Å². The minimum absolute atomic E-state index is 0.204. The number of halogens is 1. The van der Waals surface area contributed by atoms with Crippen LogP contribution in [0.1, 0.15) is 25.6 Å². The zero-order chi connectivity index (χ0) is 19.0. The second kappa shape index (κ2) is 7.70. The van der Waals surface area contributed by atoms with Crippen LogP contribution in [0.2, 0.25) is 0 Å². The number of hydrogen-bond acceptors (Lipinski definition) is 4. The molecule has 1 saturated heterocycles. The average molecular weight is 462 g/mol. The van der Waals surface area contributed by atoms with Crippen molar-refractivity contribution in [1.29, 1.82) is 0 Å². The standard InChI is InChI=1S/C22H24BrNOS2/c1-22(2,3)20-9-8-18(26-20)19-14-17(23)21(27-19)15-4-6-16(7-5-15)24-10-12-25-13-11-24/h4-9,14H,10-13H2,1-3H3. The van der Waals surface area contributed by atoms with E-state index < -0.39 is 0 Å². The van der Waals surface area contributed by atoms with E-state index in [1.54, 1.807) is 0 Å². The highest BCUT2D eigenvalue weighted by molar-refractivity contribution is 9.10. The Labute approximate surface area is 177 Å². The lowest BCUT2D eigenvalue weighted by atomic mass is 9.95. The van der Waals surface area contributed by atoms with Crippen molar-refractivity contribution in [3.8, 4) is 20.2 Å². The molecule has 1 aromatic carbocycles. The van der Waals surface area contributed by atoms with Gasteiger partial charge in [-0.25, -0.2) is 0 Å². The minimum atomic E-state index is 0.204. The van der Waals surface area contributed by atoms with Gasteiger partial charge in [0.05, 0.1) is 13.2 Å². The van der Waals surface area contributed by atoms with Crippen molar-refractivity contribution in [2.75, 3.05) is 31.2 Å². The lowest BCUT2D eigenvalue weighted by Crippen LogP contribution is -2.36. The molecule has 1 aliphatic heterocycles. The fraction of sp³-hybridized carbons (Fsp3) is 0.364. The molecule has 0 unspecified atom stereocenters. The van der Waals surface area contributed by atoms with E-state index >= 15 is 0 Å². The maximum atomic E-state index is 5.45. The van der Waals surface area contributed by atoms with E-state index in [4.69, 9.17) is 4.74 Å². The molecule has 2 aromatic heterocycles. The van der Waals surface area contributed by atoms with Crippen molar-refractivity contribution in [2.45, 2.75) is 26.2 Å². The van der Waals surface area contributed by atoms with Gasteiger partial charge in [-0.3, -0.25) is 0 Å². The van der Waals surface area contributed by atoms with Crippen LogP contribution in [0.25, 0.3) is 20.2 Å². The molecule has 0 saturated carbocycles. The third-order valence-electron chi connectivity index (χ3n) is 4.78. The monoisotopic (exact) mass is 461 g/mol. The number of ether oxygens (including phenoxy) is 1. The maximum Gasteiger partial charge on any atom is 0.0642 e. The van der Waals surface area contributed by atoms with Gasteiger partial charge in [0.1, 0.15) is 0 Å². The number of nitrogens with zero attached hydrogens (tertiary/aromatic N) is 1. The summed E-state index contributed by atoms with van der Waals surface area (Å²) in [6.07, 6.45) is 0. The number of rotatable bonds is 3. The van der Waals surface area contributed by atoms with Crippen LogP contribution in [0.15, 0.2) is 46.9 Å². The van der Waals surface area contributed by atoms with Crippen LogP contribution >= 0.6 is 38.6 Å². The minimum Gasteiger partial charge on any atom is -0.378 e. The lowest BCUT2D eigenvalue weighted by molar-refractivity contribution is 0.122. The van der Waals surface area contributed by atoms with Crippen LogP contribution in [0.3, 0.4) is 0 Å². The third-order valence-corrected chi connectivity index (χ3v) is 8.56. The zero-order valence-electron chi connectivity index (χ0n) is 15.9. The van der Waals surface area contributed by atoms with E-state index in [-0.39, 0.29) is 5.41 Å². The first-order chi connectivity index (χ1) is 12.9. The Balaban J connectivity index is 1.59. The molecule has 1 aliphatic rings. The first-order valence-corrected chi connectivity index (χ1v) is 11.7. The fourth-order valence-electron chi connectivity index (χ4n) is 3.21. The maximum absolute atomic E-state index is 5.45. The van der Waals surface area contributed by atoms with Gasteiger partial charge >= 0.3 is 0 Å². The van der Waals surface area contributed by atoms with E-state index in [9.17, 15) is 0 Å². The van der Waals surface area contributed by atoms with Gasteiger partial charge < -0.3 is 9.64 Å². The SMILES string of the molecule is CC(C)(C)c1ccc(-c2cc(Br)c(-c3ccc(N4CCOCC4)cc3)s2)s1. The van der Waals surface area contributed by atoms with Gasteiger partial charge in [-0.1, -0.05) is 32.9 Å². The molecule has 3 aromatic rings. The number of thiophene rings is 2. The highest BCUT2D eigenvalue weighted by Crippen LogP contribution is 2.44. The summed E-state index contributed by atoms with van der Waals surface area (Å²) in [6.45, 7) is 10.4. The first-order valence-electron chi connectivity index (χ1n) is 9.25. The molecule has 5 heteroatoms. The van der Waals surface area contributed by atoms with Crippen molar-refractivity contribution < 1.29 is 4.74 Å². The van der Waals surface area contributed by atoms with Crippen molar-refractivity contribution in [1.82, 2.24) is 0 Å². The second-order valence-corrected chi connectivity index (χ2v) is 10.8. The topological polar surface area (TPSA) is 12.5 Å². The van der Waals surface area contributed by atoms with Crippen LogP contribution in [-0.2, 0) is 10.2 Å². The summed E-state index contributed by atoms with van der Waals surface area (Å²) < 4.78 is 6.63. The molecular formula is C22H24BrNOS2. The molecule has 4 rings (SSSR count). The Morgan fingerprint density at radius 1 is 0.926 bits per heavy atom. The number of hydrogen-bond donors (Lipinski definition) is 0. The molecule has 0 aliphatic carbocycles. The molecule has 0 spiro atoms. The summed E-state index contributed by atoms with van der Waals surface area (Å²) in [6, 6.07) is 15.7. The van der Waals surface area contributed by atoms with E-state index in [2.05, 4.69) is 84.1 Å². The van der Waals surface area contributed by atoms with Crippen LogP contribution in [0.4, 0.5) is 5.69 Å². The quantitative estimate of drug-likeness (QED) is 0.414. The van der Waals surface area contributed by atoms with E-state index in [1.807, 2.05) is 22.7 Å². The molecule has 2 nitrogen and oxygen atoms in total. The van der Waals surface area contributed by atoms with E-state index in [0.29, 0.717) is 0 Å². The van der Waals surface area contributed by atoms with Crippen LogP contribution in [-0.4, -0.2) is 26.3 Å². The number of morpholine rings is 1. The van der Waals surface area contributed by atoms with Crippen molar-refractivity contribution in [2.24, 2.45) is 0 Å². The zero-order valence-corrected chi connectivity index (χ0v) is 19.1. The summed E-state index contributed by atoms with van der Waals surface area (Å²) in [5.74, 6) is 0. The van der Waals surface area contributed by atoms with Gasteiger partial charge in [-0.15, -0.1) is 22.7 Å². The Morgan fingerprint density at radius 3 is 2.26 bits per heavy atom. The highest BCUT2D eigenvalue weighted by Gasteiger charge is 2.18. The van der Waals surface area contributed by atoms with Crippen molar-refractivity contribution in [3.05, 3.63) is 51.8 Å². The van der Waals surface area contributed by atoms with Gasteiger partial charge in [-0.2, -0.15) is 0 Å². The Kier molecular flexibility index (Phi) is 5.48. The molecule has 27 heavy (non-hydrogen) atoms. The summed E-state index contributed by atoms with van der Waals surface area (Å²) in [4.78, 5) is 7.79. The summed E-state index contributed by atoms with van der Waals surface area (Å²) in [7, 11) is 0. The molecule has 142 valence electrons. The largest absolute Gasteiger partial charge is 0.378 e. The predicted molar refractivity (Wildman–Crippen MR) is 123 cm³/mol. The summed E-state index contributed by atoms with van der Waals surface area (Å²) >= 11 is 7.54. The highest BCUT2D eigenvalue weighted by atomic mass is 79.9.